The molecule has 1 aliphatic heterocycles. The Kier molecular flexibility index (Phi) is 3.89. The number of benzene rings is 4. The molecular formula is C25H18N2O2. The number of rotatable bonds is 2. The SMILES string of the molecule is COc1ccc2ccccc2c1C1C(C#N)=C(N)Oc2ccc3ccccc3c21. The molecule has 0 fully saturated rings. The van der Waals surface area contributed by atoms with Crippen molar-refractivity contribution in [1.29, 1.82) is 5.26 Å². The van der Waals surface area contributed by atoms with Crippen LogP contribution in [0.15, 0.2) is 84.3 Å². The number of nitrogens with two attached hydrogens (primary N) is 1. The Morgan fingerprint density at radius 2 is 1.48 bits per heavy atom. The number of allylic oxidation sites excluding steroid dienone is 1. The van der Waals surface area contributed by atoms with Crippen LogP contribution in [0.3, 0.4) is 0 Å². The van der Waals surface area contributed by atoms with E-state index in [1.54, 1.807) is 7.11 Å². The Labute approximate surface area is 168 Å². The number of hydrogen-bond donors (Lipinski definition) is 1. The Morgan fingerprint density at radius 1 is 0.862 bits per heavy atom. The summed E-state index contributed by atoms with van der Waals surface area (Å²) in [6.45, 7) is 0. The van der Waals surface area contributed by atoms with Gasteiger partial charge in [0.25, 0.3) is 0 Å². The van der Waals surface area contributed by atoms with E-state index in [0.29, 0.717) is 11.3 Å². The van der Waals surface area contributed by atoms with Crippen LogP contribution in [-0.2, 0) is 0 Å². The summed E-state index contributed by atoms with van der Waals surface area (Å²) in [7, 11) is 1.65. The molecule has 0 aromatic heterocycles. The second-order valence-electron chi connectivity index (χ2n) is 7.03. The summed E-state index contributed by atoms with van der Waals surface area (Å²) in [5.74, 6) is 1.13. The number of nitrogens with zero attached hydrogens (tertiary/aromatic N) is 1. The number of hydrogen-bond acceptors (Lipinski definition) is 4. The van der Waals surface area contributed by atoms with Gasteiger partial charge in [0.15, 0.2) is 0 Å². The van der Waals surface area contributed by atoms with Gasteiger partial charge in [0.1, 0.15) is 23.1 Å². The molecule has 5 rings (SSSR count). The first-order valence-corrected chi connectivity index (χ1v) is 9.37. The maximum absolute atomic E-state index is 10.0. The maximum atomic E-state index is 10.0. The zero-order chi connectivity index (χ0) is 20.0. The molecule has 0 spiro atoms. The molecule has 140 valence electrons. The first-order valence-electron chi connectivity index (χ1n) is 9.37. The lowest BCUT2D eigenvalue weighted by molar-refractivity contribution is 0.388. The fourth-order valence-corrected chi connectivity index (χ4v) is 4.28. The van der Waals surface area contributed by atoms with Gasteiger partial charge < -0.3 is 15.2 Å². The van der Waals surface area contributed by atoms with E-state index in [1.165, 1.54) is 0 Å². The Morgan fingerprint density at radius 3 is 2.14 bits per heavy atom. The van der Waals surface area contributed by atoms with Gasteiger partial charge in [-0.3, -0.25) is 0 Å². The molecule has 4 nitrogen and oxygen atoms in total. The predicted molar refractivity (Wildman–Crippen MR) is 114 cm³/mol. The lowest BCUT2D eigenvalue weighted by Gasteiger charge is -2.29. The molecule has 1 heterocycles. The van der Waals surface area contributed by atoms with Crippen molar-refractivity contribution in [2.24, 2.45) is 5.73 Å². The zero-order valence-electron chi connectivity index (χ0n) is 15.8. The third kappa shape index (κ3) is 2.52. The van der Waals surface area contributed by atoms with Gasteiger partial charge >= 0.3 is 0 Å². The van der Waals surface area contributed by atoms with Gasteiger partial charge in [-0.25, -0.2) is 0 Å². The lowest BCUT2D eigenvalue weighted by Crippen LogP contribution is -2.22. The Balaban J connectivity index is 1.95. The lowest BCUT2D eigenvalue weighted by atomic mass is 9.79. The normalized spacial score (nSPS) is 15.7. The predicted octanol–water partition coefficient (Wildman–Crippen LogP) is 5.22. The highest BCUT2D eigenvalue weighted by Crippen LogP contribution is 2.49. The van der Waals surface area contributed by atoms with E-state index < -0.39 is 5.92 Å². The molecule has 4 aromatic rings. The summed E-state index contributed by atoms with van der Waals surface area (Å²) >= 11 is 0. The summed E-state index contributed by atoms with van der Waals surface area (Å²) in [6.07, 6.45) is 0. The minimum atomic E-state index is -0.393. The van der Waals surface area contributed by atoms with E-state index in [2.05, 4.69) is 30.3 Å². The van der Waals surface area contributed by atoms with Gasteiger partial charge in [0, 0.05) is 11.1 Å². The zero-order valence-corrected chi connectivity index (χ0v) is 15.8. The van der Waals surface area contributed by atoms with E-state index in [9.17, 15) is 5.26 Å². The summed E-state index contributed by atoms with van der Waals surface area (Å²) in [4.78, 5) is 0. The van der Waals surface area contributed by atoms with Crippen molar-refractivity contribution in [3.8, 4) is 17.6 Å². The van der Waals surface area contributed by atoms with Crippen LogP contribution in [0, 0.1) is 11.3 Å². The van der Waals surface area contributed by atoms with E-state index in [1.807, 2.05) is 48.5 Å². The van der Waals surface area contributed by atoms with Crippen LogP contribution in [0.5, 0.6) is 11.5 Å². The molecule has 0 bridgehead atoms. The maximum Gasteiger partial charge on any atom is 0.205 e. The fraction of sp³-hybridized carbons (Fsp3) is 0.0800. The van der Waals surface area contributed by atoms with Gasteiger partial charge in [-0.1, -0.05) is 60.7 Å². The Hall–Kier alpha value is -3.97. The van der Waals surface area contributed by atoms with Crippen LogP contribution in [0.1, 0.15) is 17.0 Å². The molecule has 0 aliphatic carbocycles. The Bertz CT molecular complexity index is 1350. The number of ether oxygens (including phenoxy) is 2. The van der Waals surface area contributed by atoms with Crippen molar-refractivity contribution in [3.05, 3.63) is 95.4 Å². The average Bonchev–Trinajstić information content (AvgIpc) is 2.77. The molecular weight excluding hydrogens is 360 g/mol. The van der Waals surface area contributed by atoms with Crippen molar-refractivity contribution in [3.63, 3.8) is 0 Å². The van der Waals surface area contributed by atoms with Crippen LogP contribution < -0.4 is 15.2 Å². The average molecular weight is 378 g/mol. The molecule has 29 heavy (non-hydrogen) atoms. The number of nitriles is 1. The van der Waals surface area contributed by atoms with Crippen LogP contribution >= 0.6 is 0 Å². The summed E-state index contributed by atoms with van der Waals surface area (Å²) in [5.41, 5.74) is 8.45. The third-order valence-electron chi connectivity index (χ3n) is 5.55. The van der Waals surface area contributed by atoms with Crippen molar-refractivity contribution < 1.29 is 9.47 Å². The van der Waals surface area contributed by atoms with Gasteiger partial charge in [0.2, 0.25) is 5.88 Å². The van der Waals surface area contributed by atoms with Gasteiger partial charge in [-0.05, 0) is 33.7 Å². The quantitative estimate of drug-likeness (QED) is 0.519. The first kappa shape index (κ1) is 17.2. The number of methoxy groups -OCH3 is 1. The van der Waals surface area contributed by atoms with Crippen molar-refractivity contribution in [1.82, 2.24) is 0 Å². The molecule has 1 atom stereocenters. The van der Waals surface area contributed by atoms with Gasteiger partial charge in [-0.15, -0.1) is 0 Å². The fourth-order valence-electron chi connectivity index (χ4n) is 4.28. The smallest absolute Gasteiger partial charge is 0.205 e. The minimum absolute atomic E-state index is 0.135. The largest absolute Gasteiger partial charge is 0.496 e. The molecule has 4 aromatic carbocycles. The molecule has 4 heteroatoms. The molecule has 0 radical (unpaired) electrons. The highest BCUT2D eigenvalue weighted by atomic mass is 16.5. The minimum Gasteiger partial charge on any atom is -0.496 e. The second-order valence-corrected chi connectivity index (χ2v) is 7.03. The monoisotopic (exact) mass is 378 g/mol. The highest BCUT2D eigenvalue weighted by molar-refractivity contribution is 5.94. The van der Waals surface area contributed by atoms with Crippen molar-refractivity contribution in [2.45, 2.75) is 5.92 Å². The van der Waals surface area contributed by atoms with Crippen LogP contribution in [0.4, 0.5) is 0 Å². The van der Waals surface area contributed by atoms with Gasteiger partial charge in [-0.2, -0.15) is 5.26 Å². The standard InChI is InChI=1S/C25H18N2O2/c1-28-20-12-10-15-6-2-4-8-17(15)22(20)24-19(14-26)25(27)29-21-13-11-16-7-3-5-9-18(16)23(21)24/h2-13,24H,27H2,1H3. The number of fused-ring (bicyclic) bond motifs is 4. The summed E-state index contributed by atoms with van der Waals surface area (Å²) < 4.78 is 11.6. The summed E-state index contributed by atoms with van der Waals surface area (Å²) in [6, 6.07) is 26.4. The molecule has 0 saturated carbocycles. The van der Waals surface area contributed by atoms with Crippen molar-refractivity contribution >= 4 is 21.5 Å². The first-order chi connectivity index (χ1) is 14.2. The molecule has 2 N–H and O–H groups in total. The van der Waals surface area contributed by atoms with E-state index >= 15 is 0 Å². The molecule has 0 amide bonds. The second kappa shape index (κ2) is 6.57. The summed E-state index contributed by atoms with van der Waals surface area (Å²) in [5, 5.41) is 14.2. The topological polar surface area (TPSA) is 68.3 Å². The van der Waals surface area contributed by atoms with Crippen LogP contribution in [0.25, 0.3) is 21.5 Å². The van der Waals surface area contributed by atoms with Crippen molar-refractivity contribution in [2.75, 3.05) is 7.11 Å². The highest BCUT2D eigenvalue weighted by Gasteiger charge is 2.35. The molecule has 1 aliphatic rings. The third-order valence-corrected chi connectivity index (χ3v) is 5.55. The van der Waals surface area contributed by atoms with Gasteiger partial charge in [0.05, 0.1) is 13.0 Å². The van der Waals surface area contributed by atoms with E-state index in [0.717, 1.165) is 38.4 Å². The van der Waals surface area contributed by atoms with E-state index in [-0.39, 0.29) is 5.88 Å². The van der Waals surface area contributed by atoms with E-state index in [4.69, 9.17) is 15.2 Å². The molecule has 0 saturated heterocycles. The van der Waals surface area contributed by atoms with Crippen LogP contribution in [-0.4, -0.2) is 7.11 Å². The van der Waals surface area contributed by atoms with Crippen LogP contribution in [0.2, 0.25) is 0 Å². The molecule has 1 unspecified atom stereocenters.